The van der Waals surface area contributed by atoms with Crippen molar-refractivity contribution >= 4 is 38.9 Å². The highest BCUT2D eigenvalue weighted by Gasteiger charge is 2.10. The summed E-state index contributed by atoms with van der Waals surface area (Å²) < 4.78 is 0.938. The number of amides is 1. The van der Waals surface area contributed by atoms with Crippen LogP contribution in [0.15, 0.2) is 22.8 Å². The quantitative estimate of drug-likeness (QED) is 0.852. The Morgan fingerprint density at radius 1 is 1.47 bits per heavy atom. The highest BCUT2D eigenvalue weighted by Crippen LogP contribution is 2.30. The molecule has 0 fully saturated rings. The minimum absolute atomic E-state index is 0.702. The van der Waals surface area contributed by atoms with Gasteiger partial charge in [0.15, 0.2) is 0 Å². The monoisotopic (exact) mass is 295 g/mol. The summed E-state index contributed by atoms with van der Waals surface area (Å²) in [5.41, 5.74) is 3.00. The Labute approximate surface area is 108 Å². The molecule has 0 bridgehead atoms. The first-order valence-corrected chi connectivity index (χ1v) is 6.05. The van der Waals surface area contributed by atoms with Crippen molar-refractivity contribution in [1.29, 1.82) is 0 Å². The van der Waals surface area contributed by atoms with Gasteiger partial charge in [0.25, 0.3) is 0 Å². The lowest BCUT2D eigenvalue weighted by molar-refractivity contribution is -0.105. The molecule has 4 nitrogen and oxygen atoms in total. The molecule has 0 aliphatic rings. The maximum Gasteiger partial charge on any atom is 0.211 e. The molecule has 2 rings (SSSR count). The number of fused-ring (bicyclic) bond motifs is 1. The second-order valence-electron chi connectivity index (χ2n) is 4.19. The molecular weight excluding hydrogens is 282 g/mol. The number of carbonyl (C=O) groups is 1. The van der Waals surface area contributed by atoms with Crippen LogP contribution >= 0.6 is 15.9 Å². The molecule has 90 valence electrons. The van der Waals surface area contributed by atoms with Crippen molar-refractivity contribution in [3.63, 3.8) is 0 Å². The maximum atomic E-state index is 10.6. The first-order valence-electron chi connectivity index (χ1n) is 5.26. The van der Waals surface area contributed by atoms with Crippen LogP contribution in [0.25, 0.3) is 10.9 Å². The summed E-state index contributed by atoms with van der Waals surface area (Å²) in [5, 5.41) is 3.81. The minimum atomic E-state index is 0.702. The van der Waals surface area contributed by atoms with Gasteiger partial charge in [-0.2, -0.15) is 0 Å². The second kappa shape index (κ2) is 4.89. The fourth-order valence-electron chi connectivity index (χ4n) is 1.95. The van der Waals surface area contributed by atoms with Crippen molar-refractivity contribution in [2.45, 2.75) is 6.54 Å². The van der Waals surface area contributed by atoms with Crippen molar-refractivity contribution < 1.29 is 4.79 Å². The molecule has 17 heavy (non-hydrogen) atoms. The average molecular weight is 296 g/mol. The number of H-pyrrole nitrogens is 1. The standard InChI is InChI=1S/C12H14BrN3O/c1-16(2)6-8-5-14-10-3-9(13)4-11(12(8)10)15-7-17/h3-5,7,14H,6H2,1-2H3,(H,15,17). The summed E-state index contributed by atoms with van der Waals surface area (Å²) in [5.74, 6) is 0. The molecule has 5 heteroatoms. The van der Waals surface area contributed by atoms with E-state index in [0.717, 1.165) is 27.6 Å². The Kier molecular flexibility index (Phi) is 3.49. The van der Waals surface area contributed by atoms with Gasteiger partial charge in [0, 0.05) is 28.1 Å². The molecule has 1 amide bonds. The summed E-state index contributed by atoms with van der Waals surface area (Å²) in [4.78, 5) is 16.0. The zero-order chi connectivity index (χ0) is 12.4. The first-order chi connectivity index (χ1) is 8.11. The fourth-order valence-corrected chi connectivity index (χ4v) is 2.40. The van der Waals surface area contributed by atoms with Gasteiger partial charge in [0.1, 0.15) is 0 Å². The van der Waals surface area contributed by atoms with Crippen LogP contribution in [0, 0.1) is 0 Å². The summed E-state index contributed by atoms with van der Waals surface area (Å²) >= 11 is 3.43. The second-order valence-corrected chi connectivity index (χ2v) is 5.11. The lowest BCUT2D eigenvalue weighted by Gasteiger charge is -2.10. The highest BCUT2D eigenvalue weighted by atomic mass is 79.9. The molecular formula is C12H14BrN3O. The minimum Gasteiger partial charge on any atom is -0.361 e. The van der Waals surface area contributed by atoms with Gasteiger partial charge < -0.3 is 15.2 Å². The number of benzene rings is 1. The normalized spacial score (nSPS) is 11.1. The molecule has 0 unspecified atom stereocenters. The van der Waals surface area contributed by atoms with Gasteiger partial charge in [0.2, 0.25) is 6.41 Å². The zero-order valence-electron chi connectivity index (χ0n) is 9.75. The number of carbonyl (C=O) groups excluding carboxylic acids is 1. The van der Waals surface area contributed by atoms with Gasteiger partial charge in [-0.25, -0.2) is 0 Å². The smallest absolute Gasteiger partial charge is 0.211 e. The van der Waals surface area contributed by atoms with E-state index in [1.807, 2.05) is 32.4 Å². The van der Waals surface area contributed by atoms with Crippen LogP contribution in [0.2, 0.25) is 0 Å². The average Bonchev–Trinajstić information content (AvgIpc) is 2.60. The van der Waals surface area contributed by atoms with Crippen LogP contribution in [-0.4, -0.2) is 30.4 Å². The fraction of sp³-hybridized carbons (Fsp3) is 0.250. The molecule has 2 N–H and O–H groups in total. The van der Waals surface area contributed by atoms with Crippen molar-refractivity contribution in [3.05, 3.63) is 28.4 Å². The van der Waals surface area contributed by atoms with E-state index in [-0.39, 0.29) is 0 Å². The molecule has 0 aliphatic heterocycles. The number of nitrogens with zero attached hydrogens (tertiary/aromatic N) is 1. The Bertz CT molecular complexity index is 548. The summed E-state index contributed by atoms with van der Waals surface area (Å²) in [6.07, 6.45) is 2.68. The molecule has 0 atom stereocenters. The third kappa shape index (κ3) is 2.50. The van der Waals surface area contributed by atoms with E-state index in [2.05, 4.69) is 31.1 Å². The summed E-state index contributed by atoms with van der Waals surface area (Å²) in [6, 6.07) is 3.91. The predicted molar refractivity (Wildman–Crippen MR) is 73.1 cm³/mol. The maximum absolute atomic E-state index is 10.6. The molecule has 1 aromatic carbocycles. The molecule has 0 aliphatic carbocycles. The van der Waals surface area contributed by atoms with Crippen LogP contribution in [0.3, 0.4) is 0 Å². The van der Waals surface area contributed by atoms with Gasteiger partial charge in [-0.05, 0) is 31.8 Å². The predicted octanol–water partition coefficient (Wildman–Crippen LogP) is 2.56. The number of aromatic amines is 1. The van der Waals surface area contributed by atoms with E-state index in [9.17, 15) is 4.79 Å². The van der Waals surface area contributed by atoms with Crippen molar-refractivity contribution in [1.82, 2.24) is 9.88 Å². The SMILES string of the molecule is CN(C)Cc1c[nH]c2cc(Br)cc(NC=O)c12. The van der Waals surface area contributed by atoms with Gasteiger partial charge in [0.05, 0.1) is 5.69 Å². The molecule has 0 spiro atoms. The Morgan fingerprint density at radius 2 is 2.24 bits per heavy atom. The van der Waals surface area contributed by atoms with Crippen molar-refractivity contribution in [2.24, 2.45) is 0 Å². The van der Waals surface area contributed by atoms with E-state index in [1.54, 1.807) is 0 Å². The lowest BCUT2D eigenvalue weighted by Crippen LogP contribution is -2.10. The topological polar surface area (TPSA) is 48.1 Å². The van der Waals surface area contributed by atoms with Crippen LogP contribution in [-0.2, 0) is 11.3 Å². The van der Waals surface area contributed by atoms with Gasteiger partial charge in [-0.15, -0.1) is 0 Å². The molecule has 2 aromatic rings. The van der Waals surface area contributed by atoms with Crippen LogP contribution in [0.5, 0.6) is 0 Å². The van der Waals surface area contributed by atoms with E-state index >= 15 is 0 Å². The van der Waals surface area contributed by atoms with Gasteiger partial charge in [-0.1, -0.05) is 15.9 Å². The molecule has 0 radical (unpaired) electrons. The first kappa shape index (κ1) is 12.1. The molecule has 1 aromatic heterocycles. The van der Waals surface area contributed by atoms with Crippen molar-refractivity contribution in [2.75, 3.05) is 19.4 Å². The third-order valence-electron chi connectivity index (χ3n) is 2.53. The largest absolute Gasteiger partial charge is 0.361 e. The van der Waals surface area contributed by atoms with Crippen LogP contribution in [0.1, 0.15) is 5.56 Å². The number of aromatic nitrogens is 1. The van der Waals surface area contributed by atoms with E-state index < -0.39 is 0 Å². The van der Waals surface area contributed by atoms with Crippen LogP contribution < -0.4 is 5.32 Å². The Balaban J connectivity index is 2.59. The molecule has 0 saturated heterocycles. The number of rotatable bonds is 4. The van der Waals surface area contributed by atoms with Gasteiger partial charge in [-0.3, -0.25) is 4.79 Å². The molecule has 0 saturated carbocycles. The van der Waals surface area contributed by atoms with Crippen LogP contribution in [0.4, 0.5) is 5.69 Å². The van der Waals surface area contributed by atoms with Gasteiger partial charge >= 0.3 is 0 Å². The lowest BCUT2D eigenvalue weighted by atomic mass is 10.1. The van der Waals surface area contributed by atoms with E-state index in [1.165, 1.54) is 5.56 Å². The van der Waals surface area contributed by atoms with E-state index in [0.29, 0.717) is 6.41 Å². The summed E-state index contributed by atoms with van der Waals surface area (Å²) in [6.45, 7) is 0.829. The number of hydrogen-bond donors (Lipinski definition) is 2. The number of halogens is 1. The zero-order valence-corrected chi connectivity index (χ0v) is 11.3. The Morgan fingerprint density at radius 3 is 2.88 bits per heavy atom. The summed E-state index contributed by atoms with van der Waals surface area (Å²) in [7, 11) is 4.04. The number of anilines is 1. The van der Waals surface area contributed by atoms with E-state index in [4.69, 9.17) is 0 Å². The number of nitrogens with one attached hydrogen (secondary N) is 2. The van der Waals surface area contributed by atoms with Crippen molar-refractivity contribution in [3.8, 4) is 0 Å². The number of hydrogen-bond acceptors (Lipinski definition) is 2. The Hall–Kier alpha value is -1.33. The third-order valence-corrected chi connectivity index (χ3v) is 2.98. The highest BCUT2D eigenvalue weighted by molar-refractivity contribution is 9.10. The molecule has 1 heterocycles.